The van der Waals surface area contributed by atoms with Gasteiger partial charge in [0, 0.05) is 31.6 Å². The van der Waals surface area contributed by atoms with Crippen molar-refractivity contribution in [2.75, 3.05) is 19.6 Å². The number of hydrogen-bond acceptors (Lipinski definition) is 4. The van der Waals surface area contributed by atoms with Crippen molar-refractivity contribution < 1.29 is 8.91 Å². The summed E-state index contributed by atoms with van der Waals surface area (Å²) < 4.78 is 18.1. The van der Waals surface area contributed by atoms with Crippen LogP contribution in [0.5, 0.6) is 0 Å². The van der Waals surface area contributed by atoms with Crippen LogP contribution < -0.4 is 10.6 Å². The van der Waals surface area contributed by atoms with Crippen molar-refractivity contribution in [1.82, 2.24) is 20.8 Å². The smallest absolute Gasteiger partial charge is 0.227 e. The Morgan fingerprint density at radius 1 is 1.17 bits per heavy atom. The molecule has 7 heteroatoms. The van der Waals surface area contributed by atoms with E-state index in [2.05, 4.69) is 25.8 Å². The predicted molar refractivity (Wildman–Crippen MR) is 87.7 cm³/mol. The lowest BCUT2D eigenvalue weighted by atomic mass is 10.2. The molecule has 1 aromatic heterocycles. The summed E-state index contributed by atoms with van der Waals surface area (Å²) in [6, 6.07) is 6.02. The van der Waals surface area contributed by atoms with Gasteiger partial charge in [0.15, 0.2) is 5.96 Å². The van der Waals surface area contributed by atoms with E-state index in [1.165, 1.54) is 12.1 Å². The largest absolute Gasteiger partial charge is 0.357 e. The molecule has 6 nitrogen and oxygen atoms in total. The second kappa shape index (κ2) is 8.87. The summed E-state index contributed by atoms with van der Waals surface area (Å²) >= 11 is 0. The van der Waals surface area contributed by atoms with Gasteiger partial charge in [0.2, 0.25) is 11.7 Å². The molecule has 0 atom stereocenters. The molecule has 1 aromatic carbocycles. The fraction of sp³-hybridized carbons (Fsp3) is 0.438. The van der Waals surface area contributed by atoms with Crippen LogP contribution in [0.25, 0.3) is 11.4 Å². The molecule has 0 amide bonds. The highest BCUT2D eigenvalue weighted by molar-refractivity contribution is 5.79. The first-order chi connectivity index (χ1) is 11.2. The van der Waals surface area contributed by atoms with Crippen LogP contribution in [0.2, 0.25) is 0 Å². The van der Waals surface area contributed by atoms with Gasteiger partial charge in [0.25, 0.3) is 0 Å². The zero-order chi connectivity index (χ0) is 16.5. The van der Waals surface area contributed by atoms with E-state index in [9.17, 15) is 4.39 Å². The number of nitrogens with zero attached hydrogens (tertiary/aromatic N) is 3. The average molecular weight is 319 g/mol. The molecule has 0 aliphatic carbocycles. The van der Waals surface area contributed by atoms with Gasteiger partial charge in [-0.1, -0.05) is 5.16 Å². The first-order valence-corrected chi connectivity index (χ1v) is 7.83. The molecule has 23 heavy (non-hydrogen) atoms. The summed E-state index contributed by atoms with van der Waals surface area (Å²) in [6.07, 6.45) is 1.47. The maximum atomic E-state index is 12.9. The van der Waals surface area contributed by atoms with Crippen LogP contribution in [-0.2, 0) is 6.42 Å². The van der Waals surface area contributed by atoms with Crippen LogP contribution >= 0.6 is 0 Å². The van der Waals surface area contributed by atoms with Crippen molar-refractivity contribution in [2.45, 2.75) is 26.7 Å². The molecule has 124 valence electrons. The number of aliphatic imine (C=N–C) groups is 1. The first-order valence-electron chi connectivity index (χ1n) is 7.83. The van der Waals surface area contributed by atoms with E-state index < -0.39 is 0 Å². The Hall–Kier alpha value is -2.44. The molecule has 2 aromatic rings. The van der Waals surface area contributed by atoms with Gasteiger partial charge in [0.1, 0.15) is 5.82 Å². The molecule has 0 spiro atoms. The maximum Gasteiger partial charge on any atom is 0.227 e. The molecule has 2 rings (SSSR count). The van der Waals surface area contributed by atoms with Crippen LogP contribution in [0.3, 0.4) is 0 Å². The van der Waals surface area contributed by atoms with Crippen LogP contribution in [0, 0.1) is 5.82 Å². The van der Waals surface area contributed by atoms with Gasteiger partial charge >= 0.3 is 0 Å². The van der Waals surface area contributed by atoms with Crippen molar-refractivity contribution in [3.8, 4) is 11.4 Å². The van der Waals surface area contributed by atoms with Crippen LogP contribution in [0.4, 0.5) is 4.39 Å². The Labute approximate surface area is 135 Å². The molecular weight excluding hydrogens is 297 g/mol. The Morgan fingerprint density at radius 3 is 2.52 bits per heavy atom. The number of nitrogens with one attached hydrogen (secondary N) is 2. The van der Waals surface area contributed by atoms with E-state index in [0.717, 1.165) is 31.0 Å². The summed E-state index contributed by atoms with van der Waals surface area (Å²) in [5.74, 6) is 1.57. The lowest BCUT2D eigenvalue weighted by molar-refractivity contribution is 0.376. The molecule has 0 radical (unpaired) electrons. The minimum absolute atomic E-state index is 0.285. The number of aromatic nitrogens is 2. The standard InChI is InChI=1S/C16H22FN5O/c1-3-18-16(19-4-2)20-11-5-6-14-21-15(22-23-14)12-7-9-13(17)10-8-12/h7-10H,3-6,11H2,1-2H3,(H2,18,19,20). The van der Waals surface area contributed by atoms with Gasteiger partial charge in [-0.2, -0.15) is 4.98 Å². The highest BCUT2D eigenvalue weighted by atomic mass is 19.1. The first kappa shape index (κ1) is 16.9. The normalized spacial score (nSPS) is 10.4. The number of guanidine groups is 1. The zero-order valence-electron chi connectivity index (χ0n) is 13.5. The summed E-state index contributed by atoms with van der Waals surface area (Å²) in [6.45, 7) is 6.39. The second-order valence-corrected chi connectivity index (χ2v) is 4.91. The predicted octanol–water partition coefficient (Wildman–Crippen LogP) is 2.38. The van der Waals surface area contributed by atoms with Crippen molar-refractivity contribution in [3.05, 3.63) is 36.0 Å². The molecule has 1 heterocycles. The van der Waals surface area contributed by atoms with E-state index in [1.807, 2.05) is 13.8 Å². The van der Waals surface area contributed by atoms with E-state index in [-0.39, 0.29) is 5.82 Å². The minimum Gasteiger partial charge on any atom is -0.357 e. The van der Waals surface area contributed by atoms with Gasteiger partial charge in [-0.05, 0) is 44.5 Å². The van der Waals surface area contributed by atoms with Crippen LogP contribution in [0.15, 0.2) is 33.8 Å². The van der Waals surface area contributed by atoms with Crippen molar-refractivity contribution >= 4 is 5.96 Å². The monoisotopic (exact) mass is 319 g/mol. The average Bonchev–Trinajstić information content (AvgIpc) is 3.01. The van der Waals surface area contributed by atoms with Crippen molar-refractivity contribution in [2.24, 2.45) is 4.99 Å². The zero-order valence-corrected chi connectivity index (χ0v) is 13.5. The molecule has 0 bridgehead atoms. The number of rotatable bonds is 7. The molecule has 0 unspecified atom stereocenters. The SMILES string of the molecule is CCNC(=NCCCc1nc(-c2ccc(F)cc2)no1)NCC. The third-order valence-corrected chi connectivity index (χ3v) is 3.08. The van der Waals surface area contributed by atoms with Gasteiger partial charge in [-0.3, -0.25) is 4.99 Å². The summed E-state index contributed by atoms with van der Waals surface area (Å²) in [5, 5.41) is 10.3. The highest BCUT2D eigenvalue weighted by Crippen LogP contribution is 2.16. The fourth-order valence-corrected chi connectivity index (χ4v) is 2.00. The molecular formula is C16H22FN5O. The van der Waals surface area contributed by atoms with E-state index >= 15 is 0 Å². The summed E-state index contributed by atoms with van der Waals surface area (Å²) in [4.78, 5) is 8.78. The van der Waals surface area contributed by atoms with Gasteiger partial charge in [-0.25, -0.2) is 4.39 Å². The molecule has 0 aliphatic rings. The lowest BCUT2D eigenvalue weighted by Gasteiger charge is -2.08. The van der Waals surface area contributed by atoms with Gasteiger partial charge < -0.3 is 15.2 Å². The van der Waals surface area contributed by atoms with E-state index in [4.69, 9.17) is 4.52 Å². The number of hydrogen-bond donors (Lipinski definition) is 2. The molecule has 0 fully saturated rings. The van der Waals surface area contributed by atoms with Crippen molar-refractivity contribution in [3.63, 3.8) is 0 Å². The quantitative estimate of drug-likeness (QED) is 0.465. The lowest BCUT2D eigenvalue weighted by Crippen LogP contribution is -2.37. The van der Waals surface area contributed by atoms with E-state index in [0.29, 0.717) is 24.7 Å². The number of benzene rings is 1. The van der Waals surface area contributed by atoms with E-state index in [1.54, 1.807) is 12.1 Å². The third kappa shape index (κ3) is 5.36. The minimum atomic E-state index is -0.285. The number of aryl methyl sites for hydroxylation is 1. The highest BCUT2D eigenvalue weighted by Gasteiger charge is 2.08. The topological polar surface area (TPSA) is 75.3 Å². The summed E-state index contributed by atoms with van der Waals surface area (Å²) in [7, 11) is 0. The fourth-order valence-electron chi connectivity index (χ4n) is 2.00. The van der Waals surface area contributed by atoms with Gasteiger partial charge in [-0.15, -0.1) is 0 Å². The van der Waals surface area contributed by atoms with Crippen LogP contribution in [-0.4, -0.2) is 35.7 Å². The molecule has 2 N–H and O–H groups in total. The Morgan fingerprint density at radius 2 is 1.87 bits per heavy atom. The molecule has 0 aliphatic heterocycles. The van der Waals surface area contributed by atoms with Crippen molar-refractivity contribution in [1.29, 1.82) is 0 Å². The Balaban J connectivity index is 1.85. The molecule has 0 saturated carbocycles. The van der Waals surface area contributed by atoms with Crippen LogP contribution in [0.1, 0.15) is 26.2 Å². The summed E-state index contributed by atoms with van der Waals surface area (Å²) in [5.41, 5.74) is 0.737. The Kier molecular flexibility index (Phi) is 6.53. The Bertz CT molecular complexity index is 616. The molecule has 0 saturated heterocycles. The maximum absolute atomic E-state index is 12.9. The third-order valence-electron chi connectivity index (χ3n) is 3.08. The van der Waals surface area contributed by atoms with Gasteiger partial charge in [0.05, 0.1) is 0 Å². The number of halogens is 1. The second-order valence-electron chi connectivity index (χ2n) is 4.91.